The van der Waals surface area contributed by atoms with Gasteiger partial charge in [0.15, 0.2) is 0 Å². The lowest BCUT2D eigenvalue weighted by Gasteiger charge is -2.23. The van der Waals surface area contributed by atoms with Gasteiger partial charge >= 0.3 is 13.8 Å². The van der Waals surface area contributed by atoms with E-state index in [1.165, 1.54) is 0 Å². The van der Waals surface area contributed by atoms with Gasteiger partial charge in [-0.05, 0) is 18.4 Å². The van der Waals surface area contributed by atoms with E-state index in [0.29, 0.717) is 17.1 Å². The molecule has 0 aromatic carbocycles. The molecule has 1 atom stereocenters. The molecule has 0 saturated carbocycles. The molecule has 0 aliphatic heterocycles. The first-order chi connectivity index (χ1) is 10.7. The van der Waals surface area contributed by atoms with Crippen molar-refractivity contribution < 1.29 is 42.8 Å². The second-order valence-corrected chi connectivity index (χ2v) is 7.57. The Balaban J connectivity index is 0. The fourth-order valence-electron chi connectivity index (χ4n) is 1.22. The number of likely N-dealkylation sites (N-methyl/N-ethyl adjacent to an activating group) is 1. The highest BCUT2D eigenvalue weighted by Crippen LogP contribution is 2.42. The zero-order valence-electron chi connectivity index (χ0n) is 15.0. The molecular formula is C14H28NO8P. The monoisotopic (exact) mass is 369 g/mol. The van der Waals surface area contributed by atoms with Gasteiger partial charge in [-0.15, -0.1) is 0 Å². The summed E-state index contributed by atoms with van der Waals surface area (Å²) in [5, 5.41) is 18.4. The van der Waals surface area contributed by atoms with Crippen LogP contribution in [-0.4, -0.2) is 67.3 Å². The van der Waals surface area contributed by atoms with Gasteiger partial charge in [-0.25, -0.2) is 9.36 Å². The van der Waals surface area contributed by atoms with Gasteiger partial charge in [-0.3, -0.25) is 9.05 Å². The Morgan fingerprint density at radius 3 is 2.00 bits per heavy atom. The fraction of sp³-hybridized carbons (Fsp3) is 0.714. The Morgan fingerprint density at radius 2 is 1.75 bits per heavy atom. The largest absolute Gasteiger partial charge is 0.545 e. The highest BCUT2D eigenvalue weighted by Gasteiger charge is 2.21. The van der Waals surface area contributed by atoms with Crippen molar-refractivity contribution in [3.05, 3.63) is 11.6 Å². The molecule has 10 heteroatoms. The van der Waals surface area contributed by atoms with E-state index in [1.807, 2.05) is 21.1 Å². The average molecular weight is 369 g/mol. The summed E-state index contributed by atoms with van der Waals surface area (Å²) < 4.78 is 20.9. The summed E-state index contributed by atoms with van der Waals surface area (Å²) in [6, 6.07) is 0. The number of nitrogens with zero attached hydrogens (tertiary/aromatic N) is 1. The van der Waals surface area contributed by atoms with Crippen LogP contribution in [-0.2, 0) is 23.2 Å². The molecule has 0 spiro atoms. The number of carboxylic acids is 2. The van der Waals surface area contributed by atoms with Gasteiger partial charge in [0.2, 0.25) is 0 Å². The highest BCUT2D eigenvalue weighted by molar-refractivity contribution is 7.47. The van der Waals surface area contributed by atoms with Crippen molar-refractivity contribution in [2.45, 2.75) is 20.8 Å². The molecule has 0 saturated heterocycles. The number of hydrogen-bond donors (Lipinski definition) is 2. The van der Waals surface area contributed by atoms with Crippen LogP contribution < -0.4 is 5.11 Å². The third kappa shape index (κ3) is 15.6. The maximum Gasteiger partial charge on any atom is 0.472 e. The topological polar surface area (TPSA) is 133 Å². The third-order valence-electron chi connectivity index (χ3n) is 2.45. The minimum atomic E-state index is -3.79. The molecule has 0 heterocycles. The predicted octanol–water partition coefficient (Wildman–Crippen LogP) is 0.249. The number of phosphoric ester groups is 1. The van der Waals surface area contributed by atoms with Gasteiger partial charge in [0.1, 0.15) is 13.2 Å². The van der Waals surface area contributed by atoms with Crippen LogP contribution in [0.25, 0.3) is 0 Å². The molecule has 0 aromatic heterocycles. The number of hydrogen-bond acceptors (Lipinski definition) is 6. The third-order valence-corrected chi connectivity index (χ3v) is 3.54. The van der Waals surface area contributed by atoms with E-state index in [1.54, 1.807) is 20.8 Å². The number of aliphatic carboxylic acids is 2. The minimum absolute atomic E-state index is 0.179. The Kier molecular flexibility index (Phi) is 11.8. The summed E-state index contributed by atoms with van der Waals surface area (Å²) in [6.07, 6.45) is 0.653. The molecule has 142 valence electrons. The first-order valence-electron chi connectivity index (χ1n) is 7.30. The van der Waals surface area contributed by atoms with Gasteiger partial charge < -0.3 is 24.4 Å². The summed E-state index contributed by atoms with van der Waals surface area (Å²) in [5.41, 5.74) is -0.197. The maximum atomic E-state index is 11.0. The average Bonchev–Trinajstić information content (AvgIpc) is 2.33. The van der Waals surface area contributed by atoms with Crippen molar-refractivity contribution in [1.82, 2.24) is 0 Å². The van der Waals surface area contributed by atoms with E-state index in [2.05, 4.69) is 4.52 Å². The minimum Gasteiger partial charge on any atom is -0.545 e. The zero-order chi connectivity index (χ0) is 19.6. The second kappa shape index (κ2) is 11.3. The van der Waals surface area contributed by atoms with Gasteiger partial charge in [0, 0.05) is 6.08 Å². The van der Waals surface area contributed by atoms with Crippen LogP contribution in [0.4, 0.5) is 0 Å². The van der Waals surface area contributed by atoms with Crippen LogP contribution in [0.2, 0.25) is 0 Å². The van der Waals surface area contributed by atoms with Crippen molar-refractivity contribution in [3.8, 4) is 0 Å². The predicted molar refractivity (Wildman–Crippen MR) is 85.9 cm³/mol. The summed E-state index contributed by atoms with van der Waals surface area (Å²) in [5.74, 6) is -3.03. The highest BCUT2D eigenvalue weighted by atomic mass is 31.2. The number of rotatable bonds is 9. The van der Waals surface area contributed by atoms with E-state index in [4.69, 9.17) is 14.5 Å². The summed E-state index contributed by atoms with van der Waals surface area (Å²) in [7, 11) is 2.15. The number of carboxylic acid groups (broad SMARTS) is 2. The van der Waals surface area contributed by atoms with E-state index < -0.39 is 19.8 Å². The summed E-state index contributed by atoms with van der Waals surface area (Å²) in [6.45, 7) is 5.88. The standard InChI is InChI=1S/C7H18NO4P.C7H10O4/c1-5-11-13(9,10)12-7-6-8(2,3)4;1-4(2)5(7(10)11)3-6(8)9/h5-7H2,1-4H3;3-4H,1-2H3,(H,8,9)(H,10,11)/b;5-3+. The van der Waals surface area contributed by atoms with Crippen LogP contribution >= 0.6 is 7.82 Å². The van der Waals surface area contributed by atoms with Crippen molar-refractivity contribution in [2.75, 3.05) is 40.9 Å². The van der Waals surface area contributed by atoms with E-state index >= 15 is 0 Å². The lowest BCUT2D eigenvalue weighted by Crippen LogP contribution is -2.37. The fourth-order valence-corrected chi connectivity index (χ4v) is 1.94. The van der Waals surface area contributed by atoms with E-state index in [-0.39, 0.29) is 24.7 Å². The van der Waals surface area contributed by atoms with Crippen LogP contribution in [0.1, 0.15) is 20.8 Å². The molecule has 0 amide bonds. The van der Waals surface area contributed by atoms with Crippen molar-refractivity contribution in [3.63, 3.8) is 0 Å². The number of carbonyl (C=O) groups excluding carboxylic acids is 1. The smallest absolute Gasteiger partial charge is 0.472 e. The molecule has 0 aliphatic carbocycles. The van der Waals surface area contributed by atoms with E-state index in [9.17, 15) is 19.3 Å². The van der Waals surface area contributed by atoms with Gasteiger partial charge in [0.25, 0.3) is 0 Å². The van der Waals surface area contributed by atoms with Crippen LogP contribution in [0.3, 0.4) is 0 Å². The molecular weight excluding hydrogens is 341 g/mol. The molecule has 0 aromatic rings. The first kappa shape index (κ1) is 25.0. The Bertz CT molecular complexity index is 482. The molecule has 0 bridgehead atoms. The first-order valence-corrected chi connectivity index (χ1v) is 8.79. The molecule has 9 nitrogen and oxygen atoms in total. The Labute approximate surface area is 142 Å². The number of phosphoric acid groups is 1. The summed E-state index contributed by atoms with van der Waals surface area (Å²) in [4.78, 5) is 29.3. The zero-order valence-corrected chi connectivity index (χ0v) is 15.9. The van der Waals surface area contributed by atoms with Crippen molar-refractivity contribution >= 4 is 19.8 Å². The van der Waals surface area contributed by atoms with Gasteiger partial charge in [-0.1, -0.05) is 13.8 Å². The van der Waals surface area contributed by atoms with Gasteiger partial charge in [0.05, 0.1) is 33.7 Å². The Hall–Kier alpha value is -1.25. The van der Waals surface area contributed by atoms with Crippen LogP contribution in [0.5, 0.6) is 0 Å². The SMILES string of the molecule is CC(C)/C(=C\C(=O)O)C(=O)[O-].CCOP(=O)(O)OCC[N+](C)(C)C. The second-order valence-electron chi connectivity index (χ2n) is 6.11. The van der Waals surface area contributed by atoms with Crippen LogP contribution in [0.15, 0.2) is 11.6 Å². The van der Waals surface area contributed by atoms with Crippen molar-refractivity contribution in [1.29, 1.82) is 0 Å². The molecule has 1 unspecified atom stereocenters. The molecule has 0 rings (SSSR count). The molecule has 0 fully saturated rings. The molecule has 2 N–H and O–H groups in total. The van der Waals surface area contributed by atoms with Crippen LogP contribution in [0, 0.1) is 5.92 Å². The lowest BCUT2D eigenvalue weighted by molar-refractivity contribution is -0.870. The molecule has 0 radical (unpaired) electrons. The quantitative estimate of drug-likeness (QED) is 0.336. The van der Waals surface area contributed by atoms with Crippen molar-refractivity contribution in [2.24, 2.45) is 5.92 Å². The van der Waals surface area contributed by atoms with E-state index in [0.717, 1.165) is 0 Å². The number of quaternary nitrogens is 1. The summed E-state index contributed by atoms with van der Waals surface area (Å²) >= 11 is 0. The molecule has 0 aliphatic rings. The Morgan fingerprint density at radius 1 is 1.25 bits per heavy atom. The lowest BCUT2D eigenvalue weighted by atomic mass is 10.0. The normalized spacial score (nSPS) is 14.6. The number of carbonyl (C=O) groups is 2. The molecule has 24 heavy (non-hydrogen) atoms. The van der Waals surface area contributed by atoms with Gasteiger partial charge in [-0.2, -0.15) is 0 Å². The maximum absolute atomic E-state index is 11.0.